The number of aliphatic hydroxyl groups is 4. The summed E-state index contributed by atoms with van der Waals surface area (Å²) in [5.41, 5.74) is -1.44. The number of hydrogen-bond acceptors (Lipinski definition) is 7. The number of phosphoric ester groups is 1. The summed E-state index contributed by atoms with van der Waals surface area (Å²) in [6.07, 6.45) is 39.9. The van der Waals surface area contributed by atoms with Gasteiger partial charge in [0.25, 0.3) is 0 Å². The average molecular weight is 747 g/mol. The van der Waals surface area contributed by atoms with Crippen molar-refractivity contribution in [2.75, 3.05) is 19.8 Å². The summed E-state index contributed by atoms with van der Waals surface area (Å²) in [5.74, 6) is 0. The largest absolute Gasteiger partial charge is 0.472 e. The first-order valence-corrected chi connectivity index (χ1v) is 22.8. The summed E-state index contributed by atoms with van der Waals surface area (Å²) in [7, 11) is -4.69. The quantitative estimate of drug-likeness (QED) is 0.0237. The zero-order chi connectivity index (χ0) is 37.7. The van der Waals surface area contributed by atoms with E-state index in [0.717, 1.165) is 64.2 Å². The van der Waals surface area contributed by atoms with Crippen LogP contribution in [0.3, 0.4) is 0 Å². The first-order chi connectivity index (χ1) is 24.8. The average Bonchev–Trinajstić information content (AvgIpc) is 3.12. The van der Waals surface area contributed by atoms with Gasteiger partial charge in [0.2, 0.25) is 0 Å². The lowest BCUT2D eigenvalue weighted by Gasteiger charge is -2.38. The summed E-state index contributed by atoms with van der Waals surface area (Å²) in [4.78, 5) is 10.5. The molecule has 0 radical (unpaired) electrons. The van der Waals surface area contributed by atoms with Crippen molar-refractivity contribution in [1.29, 1.82) is 0 Å². The number of hydrogen-bond donors (Lipinski definition) is 5. The molecule has 0 aromatic heterocycles. The number of unbranched alkanes of at least 4 members (excludes halogenated alkanes) is 24. The van der Waals surface area contributed by atoms with E-state index in [1.54, 1.807) is 0 Å². The molecular formula is C42H83O8P. The molecule has 0 aliphatic heterocycles. The third-order valence-corrected chi connectivity index (χ3v) is 11.0. The highest BCUT2D eigenvalue weighted by Gasteiger charge is 2.44. The van der Waals surface area contributed by atoms with Crippen molar-refractivity contribution in [2.24, 2.45) is 0 Å². The molecule has 0 saturated carbocycles. The number of aliphatic hydroxyl groups excluding tert-OH is 4. The van der Waals surface area contributed by atoms with E-state index in [4.69, 9.17) is 14.2 Å². The minimum atomic E-state index is -4.69. The molecule has 0 heterocycles. The van der Waals surface area contributed by atoms with Gasteiger partial charge in [0, 0.05) is 0 Å². The van der Waals surface area contributed by atoms with E-state index < -0.39 is 45.5 Å². The molecule has 9 heteroatoms. The van der Waals surface area contributed by atoms with E-state index >= 15 is 0 Å². The maximum atomic E-state index is 12.9. The Bertz CT molecular complexity index is 794. The Kier molecular flexibility index (Phi) is 36.0. The SMILES string of the molecule is CCCCCCCC/C=C\CCCCCCCCC(CCCCCCCC/C=C\CCCCCCCC)(OP(=O)(O)OC[C@H](O)CO)C(O)CO. The highest BCUT2D eigenvalue weighted by molar-refractivity contribution is 7.47. The van der Waals surface area contributed by atoms with Gasteiger partial charge in [-0.1, -0.05) is 167 Å². The molecule has 0 fully saturated rings. The lowest BCUT2D eigenvalue weighted by Crippen LogP contribution is -2.46. The Labute approximate surface area is 314 Å². The van der Waals surface area contributed by atoms with Crippen LogP contribution in [0.25, 0.3) is 0 Å². The fraction of sp³-hybridized carbons (Fsp3) is 0.905. The molecule has 0 amide bonds. The third-order valence-electron chi connectivity index (χ3n) is 9.94. The highest BCUT2D eigenvalue weighted by Crippen LogP contribution is 2.51. The predicted molar refractivity (Wildman–Crippen MR) is 214 cm³/mol. The van der Waals surface area contributed by atoms with Gasteiger partial charge in [-0.2, -0.15) is 0 Å². The van der Waals surface area contributed by atoms with Gasteiger partial charge in [-0.05, 0) is 64.2 Å². The van der Waals surface area contributed by atoms with Crippen LogP contribution in [0.1, 0.15) is 206 Å². The minimum absolute atomic E-state index is 0.317. The zero-order valence-electron chi connectivity index (χ0n) is 33.2. The Morgan fingerprint density at radius 1 is 0.529 bits per heavy atom. The second-order valence-electron chi connectivity index (χ2n) is 14.8. The zero-order valence-corrected chi connectivity index (χ0v) is 34.1. The molecule has 304 valence electrons. The van der Waals surface area contributed by atoms with Gasteiger partial charge in [0.15, 0.2) is 0 Å². The van der Waals surface area contributed by atoms with E-state index in [2.05, 4.69) is 38.2 Å². The standard InChI is InChI=1S/C42H83O8P/c1-3-5-7-9-11-13-15-17-19-21-23-25-27-29-31-33-35-42(41(46)38-44,50-51(47,48)49-39-40(45)37-43)36-34-32-30-28-26-24-22-20-18-16-14-12-10-8-6-4-2/h17-20,40-41,43-46H,3-16,21-39H2,1-2H3,(H,47,48)/b19-17-,20-18-/t40-,41?/m1/s1. The van der Waals surface area contributed by atoms with Gasteiger partial charge in [-0.15, -0.1) is 0 Å². The first-order valence-electron chi connectivity index (χ1n) is 21.3. The van der Waals surface area contributed by atoms with Crippen LogP contribution in [0, 0.1) is 0 Å². The summed E-state index contributed by atoms with van der Waals surface area (Å²) >= 11 is 0. The van der Waals surface area contributed by atoms with Gasteiger partial charge in [-0.25, -0.2) is 4.57 Å². The fourth-order valence-corrected chi connectivity index (χ4v) is 7.79. The normalized spacial score (nSPS) is 14.9. The molecule has 0 aliphatic carbocycles. The second-order valence-corrected chi connectivity index (χ2v) is 16.2. The molecule has 0 aromatic rings. The molecule has 3 atom stereocenters. The maximum Gasteiger partial charge on any atom is 0.472 e. The van der Waals surface area contributed by atoms with Crippen molar-refractivity contribution in [3.8, 4) is 0 Å². The summed E-state index contributed by atoms with van der Waals surface area (Å²) < 4.78 is 23.6. The van der Waals surface area contributed by atoms with E-state index in [9.17, 15) is 24.8 Å². The molecule has 51 heavy (non-hydrogen) atoms. The van der Waals surface area contributed by atoms with Crippen molar-refractivity contribution >= 4 is 7.82 Å². The molecule has 5 N–H and O–H groups in total. The van der Waals surface area contributed by atoms with Crippen LogP contribution in [0.15, 0.2) is 24.3 Å². The molecule has 0 aliphatic rings. The molecular weight excluding hydrogens is 663 g/mol. The molecule has 0 bridgehead atoms. The van der Waals surface area contributed by atoms with Gasteiger partial charge >= 0.3 is 7.82 Å². The number of rotatable bonds is 40. The van der Waals surface area contributed by atoms with Crippen LogP contribution < -0.4 is 0 Å². The van der Waals surface area contributed by atoms with Crippen LogP contribution in [0.4, 0.5) is 0 Å². The van der Waals surface area contributed by atoms with Gasteiger partial charge < -0.3 is 25.3 Å². The molecule has 0 spiro atoms. The summed E-state index contributed by atoms with van der Waals surface area (Å²) in [6.45, 7) is 2.71. The van der Waals surface area contributed by atoms with Crippen molar-refractivity contribution in [3.63, 3.8) is 0 Å². The maximum absolute atomic E-state index is 12.9. The van der Waals surface area contributed by atoms with E-state index in [1.807, 2.05) is 0 Å². The van der Waals surface area contributed by atoms with Gasteiger partial charge in [-0.3, -0.25) is 9.05 Å². The lowest BCUT2D eigenvalue weighted by atomic mass is 9.85. The molecule has 0 saturated heterocycles. The molecule has 2 unspecified atom stereocenters. The lowest BCUT2D eigenvalue weighted by molar-refractivity contribution is -0.105. The van der Waals surface area contributed by atoms with E-state index in [1.165, 1.54) is 103 Å². The molecule has 0 aromatic carbocycles. The first kappa shape index (κ1) is 50.4. The Balaban J connectivity index is 4.63. The Morgan fingerprint density at radius 2 is 0.863 bits per heavy atom. The Morgan fingerprint density at radius 3 is 1.20 bits per heavy atom. The van der Waals surface area contributed by atoms with Crippen molar-refractivity contribution in [2.45, 2.75) is 224 Å². The smallest absolute Gasteiger partial charge is 0.394 e. The van der Waals surface area contributed by atoms with Crippen molar-refractivity contribution < 1.29 is 38.9 Å². The number of allylic oxidation sites excluding steroid dienone is 4. The van der Waals surface area contributed by atoms with Crippen LogP contribution in [-0.2, 0) is 13.6 Å². The van der Waals surface area contributed by atoms with Crippen LogP contribution in [-0.4, -0.2) is 62.9 Å². The summed E-state index contributed by atoms with van der Waals surface area (Å²) in [5, 5.41) is 39.6. The molecule has 0 rings (SSSR count). The summed E-state index contributed by atoms with van der Waals surface area (Å²) in [6, 6.07) is 0. The van der Waals surface area contributed by atoms with Crippen LogP contribution >= 0.6 is 7.82 Å². The van der Waals surface area contributed by atoms with E-state index in [0.29, 0.717) is 25.7 Å². The topological polar surface area (TPSA) is 137 Å². The Hall–Kier alpha value is -0.570. The van der Waals surface area contributed by atoms with Crippen molar-refractivity contribution in [3.05, 3.63) is 24.3 Å². The third kappa shape index (κ3) is 31.5. The van der Waals surface area contributed by atoms with Crippen LogP contribution in [0.2, 0.25) is 0 Å². The second kappa shape index (κ2) is 36.4. The van der Waals surface area contributed by atoms with Gasteiger partial charge in [0.05, 0.1) is 19.8 Å². The molecule has 8 nitrogen and oxygen atoms in total. The van der Waals surface area contributed by atoms with Crippen LogP contribution in [0.5, 0.6) is 0 Å². The highest BCUT2D eigenvalue weighted by atomic mass is 31.2. The predicted octanol–water partition coefficient (Wildman–Crippen LogP) is 11.4. The minimum Gasteiger partial charge on any atom is -0.394 e. The van der Waals surface area contributed by atoms with E-state index in [-0.39, 0.29) is 0 Å². The number of phosphoric acid groups is 1. The van der Waals surface area contributed by atoms with Crippen molar-refractivity contribution in [1.82, 2.24) is 0 Å². The van der Waals surface area contributed by atoms with Gasteiger partial charge in [0.1, 0.15) is 17.8 Å². The fourth-order valence-electron chi connectivity index (χ4n) is 6.61. The monoisotopic (exact) mass is 747 g/mol.